The van der Waals surface area contributed by atoms with E-state index in [4.69, 9.17) is 9.15 Å². The Hall–Kier alpha value is -2.57. The van der Waals surface area contributed by atoms with Crippen molar-refractivity contribution in [1.82, 2.24) is 9.80 Å². The van der Waals surface area contributed by atoms with E-state index >= 15 is 0 Å². The van der Waals surface area contributed by atoms with Gasteiger partial charge in [0.2, 0.25) is 5.91 Å². The number of fused-ring (bicyclic) bond motifs is 1. The SMILES string of the molecule is COc1ccc2c(c1)[C@]13CCN(CC4CC4)[C@H](C2)[C@]1(O)CC[C@@H](N(C)C(=O)/C=C/c1ccoc1)C3. The van der Waals surface area contributed by atoms with E-state index in [-0.39, 0.29) is 23.4 Å². The summed E-state index contributed by atoms with van der Waals surface area (Å²) >= 11 is 0. The minimum absolute atomic E-state index is 0.0116. The molecule has 1 aliphatic heterocycles. The number of carbonyl (C=O) groups is 1. The van der Waals surface area contributed by atoms with E-state index in [0.717, 1.165) is 56.0 Å². The fourth-order valence-corrected chi connectivity index (χ4v) is 7.21. The highest BCUT2D eigenvalue weighted by molar-refractivity contribution is 5.91. The average Bonchev–Trinajstić information content (AvgIpc) is 3.53. The van der Waals surface area contributed by atoms with E-state index in [2.05, 4.69) is 23.1 Å². The predicted molar refractivity (Wildman–Crippen MR) is 134 cm³/mol. The molecule has 3 fully saturated rings. The van der Waals surface area contributed by atoms with Crippen molar-refractivity contribution in [1.29, 1.82) is 0 Å². The lowest BCUT2D eigenvalue weighted by Gasteiger charge is -2.65. The maximum atomic E-state index is 13.1. The topological polar surface area (TPSA) is 66.2 Å². The van der Waals surface area contributed by atoms with Crippen LogP contribution in [-0.4, -0.2) is 65.7 Å². The van der Waals surface area contributed by atoms with Crippen LogP contribution in [0.1, 0.15) is 55.2 Å². The lowest BCUT2D eigenvalue weighted by molar-refractivity contribution is -0.177. The van der Waals surface area contributed by atoms with Crippen molar-refractivity contribution in [3.8, 4) is 5.75 Å². The molecule has 1 N–H and O–H groups in total. The van der Waals surface area contributed by atoms with Crippen molar-refractivity contribution in [3.63, 3.8) is 0 Å². The van der Waals surface area contributed by atoms with Crippen LogP contribution in [0.5, 0.6) is 5.75 Å². The maximum Gasteiger partial charge on any atom is 0.246 e. The summed E-state index contributed by atoms with van der Waals surface area (Å²) in [5.74, 6) is 1.63. The normalized spacial score (nSPS) is 32.2. The summed E-state index contributed by atoms with van der Waals surface area (Å²) in [4.78, 5) is 17.6. The van der Waals surface area contributed by atoms with Crippen molar-refractivity contribution in [2.45, 2.75) is 68.0 Å². The Morgan fingerprint density at radius 2 is 2.14 bits per heavy atom. The number of hydrogen-bond donors (Lipinski definition) is 1. The molecule has 2 aromatic rings. The number of nitrogens with zero attached hydrogens (tertiary/aromatic N) is 2. The summed E-state index contributed by atoms with van der Waals surface area (Å²) in [6.07, 6.45) is 13.4. The van der Waals surface area contributed by atoms with E-state index in [0.29, 0.717) is 6.42 Å². The number of rotatable bonds is 6. The molecule has 6 heteroatoms. The summed E-state index contributed by atoms with van der Waals surface area (Å²) in [6, 6.07) is 8.47. The second kappa shape index (κ2) is 8.52. The number of methoxy groups -OCH3 is 1. The molecule has 0 radical (unpaired) electrons. The van der Waals surface area contributed by atoms with Crippen LogP contribution in [0, 0.1) is 5.92 Å². The molecule has 0 unspecified atom stereocenters. The lowest BCUT2D eigenvalue weighted by atomic mass is 9.48. The summed E-state index contributed by atoms with van der Waals surface area (Å²) in [7, 11) is 3.61. The van der Waals surface area contributed by atoms with Crippen molar-refractivity contribution in [3.05, 3.63) is 59.6 Å². The number of aliphatic hydroxyl groups is 1. The molecule has 4 aliphatic rings. The molecule has 2 saturated carbocycles. The highest BCUT2D eigenvalue weighted by atomic mass is 16.5. The third-order valence-corrected chi connectivity index (χ3v) is 9.38. The number of likely N-dealkylation sites (tertiary alicyclic amines) is 1. The Kier molecular flexibility index (Phi) is 5.57. The van der Waals surface area contributed by atoms with Gasteiger partial charge in [-0.3, -0.25) is 9.69 Å². The maximum absolute atomic E-state index is 13.1. The zero-order chi connectivity index (χ0) is 24.2. The summed E-state index contributed by atoms with van der Waals surface area (Å²) in [6.45, 7) is 2.11. The van der Waals surface area contributed by atoms with Crippen molar-refractivity contribution in [2.24, 2.45) is 5.92 Å². The third-order valence-electron chi connectivity index (χ3n) is 9.38. The fraction of sp³-hybridized carbons (Fsp3) is 0.552. The number of hydrogen-bond acceptors (Lipinski definition) is 5. The van der Waals surface area contributed by atoms with Gasteiger partial charge in [-0.25, -0.2) is 0 Å². The highest BCUT2D eigenvalue weighted by Crippen LogP contribution is 2.59. The predicted octanol–water partition coefficient (Wildman–Crippen LogP) is 4.02. The number of piperidine rings is 1. The zero-order valence-corrected chi connectivity index (χ0v) is 20.8. The van der Waals surface area contributed by atoms with Crippen LogP contribution in [0.3, 0.4) is 0 Å². The molecule has 1 amide bonds. The first-order valence-corrected chi connectivity index (χ1v) is 13.0. The van der Waals surface area contributed by atoms with Gasteiger partial charge in [-0.1, -0.05) is 6.07 Å². The first-order chi connectivity index (χ1) is 16.9. The molecule has 1 aromatic heterocycles. The number of furan rings is 1. The average molecular weight is 477 g/mol. The van der Waals surface area contributed by atoms with Crippen LogP contribution < -0.4 is 4.74 Å². The molecular formula is C29H36N2O4. The molecule has 0 spiro atoms. The summed E-state index contributed by atoms with van der Waals surface area (Å²) in [5.41, 5.74) is 2.29. The van der Waals surface area contributed by atoms with Gasteiger partial charge in [0.15, 0.2) is 0 Å². The van der Waals surface area contributed by atoms with Gasteiger partial charge in [-0.05, 0) is 92.8 Å². The van der Waals surface area contributed by atoms with Gasteiger partial charge in [0.05, 0.1) is 25.2 Å². The van der Waals surface area contributed by atoms with Crippen molar-refractivity contribution >= 4 is 12.0 Å². The van der Waals surface area contributed by atoms with E-state index in [1.807, 2.05) is 18.0 Å². The molecule has 6 rings (SSSR count). The first kappa shape index (κ1) is 22.9. The number of ether oxygens (including phenoxy) is 1. The van der Waals surface area contributed by atoms with Crippen molar-refractivity contribution in [2.75, 3.05) is 27.2 Å². The van der Waals surface area contributed by atoms with Crippen LogP contribution in [0.15, 0.2) is 47.3 Å². The van der Waals surface area contributed by atoms with Gasteiger partial charge in [0, 0.05) is 42.7 Å². The first-order valence-electron chi connectivity index (χ1n) is 13.0. The Balaban J connectivity index is 1.33. The van der Waals surface area contributed by atoms with Crippen LogP contribution in [0.25, 0.3) is 6.08 Å². The van der Waals surface area contributed by atoms with Crippen molar-refractivity contribution < 1.29 is 19.1 Å². The smallest absolute Gasteiger partial charge is 0.246 e. The Labute approximate surface area is 207 Å². The quantitative estimate of drug-likeness (QED) is 0.638. The molecule has 6 nitrogen and oxygen atoms in total. The molecule has 3 aliphatic carbocycles. The van der Waals surface area contributed by atoms with E-state index in [1.54, 1.807) is 31.8 Å². The number of carbonyl (C=O) groups excluding carboxylic acids is 1. The molecule has 2 heterocycles. The second-order valence-electron chi connectivity index (χ2n) is 11.2. The minimum atomic E-state index is -0.785. The Bertz CT molecular complexity index is 1120. The monoisotopic (exact) mass is 476 g/mol. The highest BCUT2D eigenvalue weighted by Gasteiger charge is 2.65. The molecule has 1 aromatic carbocycles. The van der Waals surface area contributed by atoms with Gasteiger partial charge in [-0.2, -0.15) is 0 Å². The largest absolute Gasteiger partial charge is 0.497 e. The van der Waals surface area contributed by atoms with Gasteiger partial charge < -0.3 is 19.2 Å². The number of benzene rings is 1. The lowest BCUT2D eigenvalue weighted by Crippen LogP contribution is -2.74. The molecule has 1 saturated heterocycles. The Morgan fingerprint density at radius 3 is 2.89 bits per heavy atom. The zero-order valence-electron chi connectivity index (χ0n) is 20.8. The Morgan fingerprint density at radius 1 is 1.29 bits per heavy atom. The molecule has 2 bridgehead atoms. The molecular weight excluding hydrogens is 440 g/mol. The van der Waals surface area contributed by atoms with Crippen LogP contribution in [-0.2, 0) is 16.6 Å². The van der Waals surface area contributed by atoms with Crippen LogP contribution in [0.2, 0.25) is 0 Å². The fourth-order valence-electron chi connectivity index (χ4n) is 7.21. The summed E-state index contributed by atoms with van der Waals surface area (Å²) in [5, 5.41) is 12.5. The standard InChI is InChI=1S/C29H36N2O4/c1-30(27(32)8-5-21-10-14-35-19-21)23-9-11-29(33)26-15-22-6-7-24(34-2)16-25(22)28(29,17-23)12-13-31(26)18-20-3-4-20/h5-8,10,14,16,19-20,23,26,33H,3-4,9,11-13,15,17-18H2,1-2H3/b8-5+/t23-,26-,28-,29-/m1/s1. The third kappa shape index (κ3) is 3.73. The van der Waals surface area contributed by atoms with Gasteiger partial charge >= 0.3 is 0 Å². The molecule has 4 atom stereocenters. The van der Waals surface area contributed by atoms with E-state index < -0.39 is 5.60 Å². The van der Waals surface area contributed by atoms with E-state index in [1.165, 1.54) is 24.0 Å². The number of amides is 1. The number of likely N-dealkylation sites (N-methyl/N-ethyl adjacent to an activating group) is 1. The molecule has 35 heavy (non-hydrogen) atoms. The van der Waals surface area contributed by atoms with Gasteiger partial charge in [-0.15, -0.1) is 0 Å². The summed E-state index contributed by atoms with van der Waals surface area (Å²) < 4.78 is 10.7. The second-order valence-corrected chi connectivity index (χ2v) is 11.2. The minimum Gasteiger partial charge on any atom is -0.497 e. The van der Waals surface area contributed by atoms with E-state index in [9.17, 15) is 9.90 Å². The van der Waals surface area contributed by atoms with Gasteiger partial charge in [0.25, 0.3) is 0 Å². The van der Waals surface area contributed by atoms with Crippen LogP contribution in [0.4, 0.5) is 0 Å². The molecule has 186 valence electrons. The van der Waals surface area contributed by atoms with Gasteiger partial charge in [0.1, 0.15) is 5.75 Å². The van der Waals surface area contributed by atoms with Crippen LogP contribution >= 0.6 is 0 Å².